The first-order valence-corrected chi connectivity index (χ1v) is 35.7. The van der Waals surface area contributed by atoms with Gasteiger partial charge in [0, 0.05) is 6.42 Å². The van der Waals surface area contributed by atoms with Gasteiger partial charge in [-0.2, -0.15) is 0 Å². The summed E-state index contributed by atoms with van der Waals surface area (Å²) in [4.78, 5) is 13.3. The van der Waals surface area contributed by atoms with Crippen molar-refractivity contribution in [1.82, 2.24) is 5.32 Å². The van der Waals surface area contributed by atoms with Crippen LogP contribution < -0.4 is 5.32 Å². The fraction of sp³-hybridized carbons (Fsp3) is 0.822. The zero-order valence-corrected chi connectivity index (χ0v) is 55.0. The third kappa shape index (κ3) is 41.5. The summed E-state index contributed by atoms with van der Waals surface area (Å²) in [5.41, 5.74) is 0. The van der Waals surface area contributed by atoms with E-state index in [1.54, 1.807) is 6.08 Å². The van der Waals surface area contributed by atoms with Gasteiger partial charge in [0.15, 0.2) is 12.6 Å². The second-order valence-corrected chi connectivity index (χ2v) is 25.0. The van der Waals surface area contributed by atoms with E-state index in [0.29, 0.717) is 6.42 Å². The molecule has 0 radical (unpaired) electrons. The molecule has 14 heteroatoms. The minimum absolute atomic E-state index is 0.236. The summed E-state index contributed by atoms with van der Waals surface area (Å²) in [6.07, 6.45) is 61.2. The van der Waals surface area contributed by atoms with E-state index in [1.807, 2.05) is 6.08 Å². The summed E-state index contributed by atoms with van der Waals surface area (Å²) < 4.78 is 22.8. The summed E-state index contributed by atoms with van der Waals surface area (Å²) >= 11 is 0. The van der Waals surface area contributed by atoms with E-state index < -0.39 is 86.8 Å². The lowest BCUT2D eigenvalue weighted by Gasteiger charge is -2.46. The lowest BCUT2D eigenvalue weighted by Crippen LogP contribution is -2.65. The molecule has 2 aliphatic rings. The first kappa shape index (κ1) is 80.5. The summed E-state index contributed by atoms with van der Waals surface area (Å²) in [5, 5.41) is 87.3. The van der Waals surface area contributed by atoms with Crippen molar-refractivity contribution >= 4 is 5.91 Å². The second-order valence-electron chi connectivity index (χ2n) is 25.0. The number of aliphatic hydroxyl groups excluding tert-OH is 8. The molecule has 2 saturated heterocycles. The molecule has 14 nitrogen and oxygen atoms in total. The average Bonchev–Trinajstić information content (AvgIpc) is 2.05. The highest BCUT2D eigenvalue weighted by Crippen LogP contribution is 2.30. The zero-order valence-electron chi connectivity index (χ0n) is 55.0. The number of carbonyl (C=O) groups excluding carboxylic acids is 1. The van der Waals surface area contributed by atoms with Crippen LogP contribution in [0.2, 0.25) is 0 Å². The first-order chi connectivity index (χ1) is 42.6. The van der Waals surface area contributed by atoms with Gasteiger partial charge in [0.2, 0.25) is 5.91 Å². The van der Waals surface area contributed by atoms with E-state index in [2.05, 4.69) is 79.9 Å². The number of ether oxygens (including phenoxy) is 4. The van der Waals surface area contributed by atoms with Crippen molar-refractivity contribution < 1.29 is 64.6 Å². The van der Waals surface area contributed by atoms with Gasteiger partial charge in [-0.1, -0.05) is 292 Å². The number of unbranched alkanes of at least 4 members (excludes halogenated alkanes) is 35. The van der Waals surface area contributed by atoms with Crippen LogP contribution in [-0.4, -0.2) is 140 Å². The third-order valence-electron chi connectivity index (χ3n) is 17.1. The number of rotatable bonds is 58. The fourth-order valence-corrected chi connectivity index (χ4v) is 11.5. The Hall–Kier alpha value is -2.57. The van der Waals surface area contributed by atoms with Crippen molar-refractivity contribution in [3.05, 3.63) is 72.9 Å². The van der Waals surface area contributed by atoms with E-state index in [-0.39, 0.29) is 18.9 Å². The molecule has 87 heavy (non-hydrogen) atoms. The molecule has 0 saturated carbocycles. The molecule has 12 atom stereocenters. The Morgan fingerprint density at radius 1 is 0.425 bits per heavy atom. The maximum atomic E-state index is 13.3. The predicted molar refractivity (Wildman–Crippen MR) is 355 cm³/mol. The molecule has 9 N–H and O–H groups in total. The van der Waals surface area contributed by atoms with Gasteiger partial charge in [0.25, 0.3) is 0 Å². The zero-order chi connectivity index (χ0) is 63.1. The molecular formula is C73H131NO13. The highest BCUT2D eigenvalue weighted by molar-refractivity contribution is 5.76. The van der Waals surface area contributed by atoms with Crippen LogP contribution in [0.4, 0.5) is 0 Å². The van der Waals surface area contributed by atoms with Gasteiger partial charge in [-0.25, -0.2) is 0 Å². The van der Waals surface area contributed by atoms with Crippen LogP contribution in [0.5, 0.6) is 0 Å². The third-order valence-corrected chi connectivity index (χ3v) is 17.1. The molecule has 0 spiro atoms. The van der Waals surface area contributed by atoms with Crippen LogP contribution in [0.25, 0.3) is 0 Å². The molecule has 0 aromatic carbocycles. The maximum absolute atomic E-state index is 13.3. The highest BCUT2D eigenvalue weighted by atomic mass is 16.7. The number of hydrogen-bond donors (Lipinski definition) is 9. The van der Waals surface area contributed by atoms with Gasteiger partial charge in [0.1, 0.15) is 48.8 Å². The number of nitrogens with one attached hydrogen (secondary N) is 1. The number of amides is 1. The topological polar surface area (TPSA) is 228 Å². The standard InChI is InChI=1S/C73H131NO13/c1-3-5-7-9-11-13-15-17-19-20-21-22-23-24-25-26-27-28-29-30-31-32-33-34-35-36-37-38-39-40-41-42-43-45-47-49-51-53-55-57-65(78)74-61(62(77)56-54-52-50-48-46-44-18-16-14-12-10-8-6-4-2)60-84-72-70(83)68(81)71(64(59-76)86-72)87-73-69(82)67(80)66(79)63(58-75)85-73/h5,7,11,13,17,19,21-22,24-25,54,56,61-64,66-73,75-77,79-83H,3-4,6,8-10,12,14-16,18,20,23,26-53,55,57-60H2,1-2H3,(H,74,78)/b7-5-,13-11-,19-17-,22-21-,25-24-,56-54+. The Balaban J connectivity index is 1.56. The van der Waals surface area contributed by atoms with E-state index in [1.165, 1.54) is 193 Å². The minimum atomic E-state index is -1.79. The summed E-state index contributed by atoms with van der Waals surface area (Å²) in [6, 6.07) is -0.914. The fourth-order valence-electron chi connectivity index (χ4n) is 11.5. The molecule has 0 bridgehead atoms. The van der Waals surface area contributed by atoms with E-state index in [0.717, 1.165) is 70.6 Å². The normalized spacial score (nSPS) is 23.7. The molecular weight excluding hydrogens is 1100 g/mol. The predicted octanol–water partition coefficient (Wildman–Crippen LogP) is 14.6. The minimum Gasteiger partial charge on any atom is -0.394 e. The average molecular weight is 1230 g/mol. The van der Waals surface area contributed by atoms with E-state index in [4.69, 9.17) is 18.9 Å². The van der Waals surface area contributed by atoms with Crippen molar-refractivity contribution in [2.45, 2.75) is 364 Å². The van der Waals surface area contributed by atoms with Gasteiger partial charge in [-0.3, -0.25) is 4.79 Å². The van der Waals surface area contributed by atoms with Crippen LogP contribution in [0, 0.1) is 0 Å². The van der Waals surface area contributed by atoms with Crippen molar-refractivity contribution in [1.29, 1.82) is 0 Å². The number of hydrogen-bond acceptors (Lipinski definition) is 13. The van der Waals surface area contributed by atoms with Crippen molar-refractivity contribution in [2.24, 2.45) is 0 Å². The molecule has 0 aromatic rings. The quantitative estimate of drug-likeness (QED) is 0.0204. The van der Waals surface area contributed by atoms with E-state index in [9.17, 15) is 45.6 Å². The van der Waals surface area contributed by atoms with Gasteiger partial charge in [-0.15, -0.1) is 0 Å². The van der Waals surface area contributed by atoms with Crippen molar-refractivity contribution in [3.8, 4) is 0 Å². The van der Waals surface area contributed by atoms with Gasteiger partial charge in [0.05, 0.1) is 32.0 Å². The molecule has 0 aromatic heterocycles. The van der Waals surface area contributed by atoms with Crippen molar-refractivity contribution in [2.75, 3.05) is 19.8 Å². The Morgan fingerprint density at radius 2 is 0.793 bits per heavy atom. The Kier molecular flexibility index (Phi) is 53.1. The van der Waals surface area contributed by atoms with Gasteiger partial charge >= 0.3 is 0 Å². The SMILES string of the molecule is CC/C=C\C/C=C\C/C=C\C/C=C\C/C=C\CCCCCCCCCCCCCCCCCCCCCCCCCC(=O)NC(COC1OC(CO)C(OC2OC(CO)C(O)C(O)C2O)C(O)C1O)C(O)/C=C/CCCCCCCCCCCCCC. The van der Waals surface area contributed by atoms with E-state index >= 15 is 0 Å². The molecule has 0 aliphatic carbocycles. The van der Waals surface area contributed by atoms with Crippen LogP contribution in [0.3, 0.4) is 0 Å². The number of aliphatic hydroxyl groups is 8. The van der Waals surface area contributed by atoms with Crippen LogP contribution in [-0.2, 0) is 23.7 Å². The van der Waals surface area contributed by atoms with Gasteiger partial charge in [-0.05, 0) is 64.2 Å². The van der Waals surface area contributed by atoms with Crippen LogP contribution in [0.15, 0.2) is 72.9 Å². The molecule has 2 heterocycles. The molecule has 2 fully saturated rings. The van der Waals surface area contributed by atoms with Crippen LogP contribution in [0.1, 0.15) is 290 Å². The summed E-state index contributed by atoms with van der Waals surface area (Å²) in [6.45, 7) is 2.70. The lowest BCUT2D eigenvalue weighted by molar-refractivity contribution is -0.359. The van der Waals surface area contributed by atoms with Crippen molar-refractivity contribution in [3.63, 3.8) is 0 Å². The molecule has 1 amide bonds. The number of carbonyl (C=O) groups is 1. The highest BCUT2D eigenvalue weighted by Gasteiger charge is 2.51. The first-order valence-electron chi connectivity index (χ1n) is 35.7. The van der Waals surface area contributed by atoms with Gasteiger partial charge < -0.3 is 65.1 Å². The summed E-state index contributed by atoms with van der Waals surface area (Å²) in [5.74, 6) is -0.236. The van der Waals surface area contributed by atoms with Crippen LogP contribution >= 0.6 is 0 Å². The Labute approximate surface area is 529 Å². The maximum Gasteiger partial charge on any atom is 0.220 e. The summed E-state index contributed by atoms with van der Waals surface area (Å²) in [7, 11) is 0. The lowest BCUT2D eigenvalue weighted by atomic mass is 9.97. The molecule has 12 unspecified atom stereocenters. The largest absolute Gasteiger partial charge is 0.394 e. The monoisotopic (exact) mass is 1230 g/mol. The number of allylic oxidation sites excluding steroid dienone is 11. The molecule has 2 aliphatic heterocycles. The Morgan fingerprint density at radius 3 is 1.22 bits per heavy atom. The second kappa shape index (κ2) is 57.3. The Bertz CT molecular complexity index is 1740. The molecule has 506 valence electrons. The molecule has 2 rings (SSSR count). The smallest absolute Gasteiger partial charge is 0.220 e.